The monoisotopic (exact) mass is 601 g/mol. The van der Waals surface area contributed by atoms with Gasteiger partial charge in [-0.1, -0.05) is 42.8 Å². The van der Waals surface area contributed by atoms with E-state index < -0.39 is 16.8 Å². The Morgan fingerprint density at radius 3 is 2.48 bits per heavy atom. The molecule has 0 aliphatic heterocycles. The smallest absolute Gasteiger partial charge is 0.331 e. The van der Waals surface area contributed by atoms with Crippen LogP contribution in [0.2, 0.25) is 0 Å². The minimum Gasteiger partial charge on any atom is -0.493 e. The number of ether oxygens (including phenoxy) is 2. The van der Waals surface area contributed by atoms with Crippen molar-refractivity contribution in [3.8, 4) is 23.3 Å². The Bertz CT molecular complexity index is 1880. The van der Waals surface area contributed by atoms with Crippen molar-refractivity contribution in [2.75, 3.05) is 13.2 Å². The van der Waals surface area contributed by atoms with Crippen LogP contribution in [0.15, 0.2) is 67.6 Å². The Labute approximate surface area is 252 Å². The van der Waals surface area contributed by atoms with Crippen LogP contribution in [0.4, 0.5) is 0 Å². The zero-order valence-corrected chi connectivity index (χ0v) is 24.8. The van der Waals surface area contributed by atoms with Gasteiger partial charge in [-0.05, 0) is 49.9 Å². The van der Waals surface area contributed by atoms with Crippen LogP contribution in [0.3, 0.4) is 0 Å². The Hall–Kier alpha value is -5.07. The number of aromatic amines is 1. The fourth-order valence-electron chi connectivity index (χ4n) is 4.72. The summed E-state index contributed by atoms with van der Waals surface area (Å²) in [6, 6.07) is 13.0. The number of para-hydroxylation sites is 1. The van der Waals surface area contributed by atoms with E-state index in [-0.39, 0.29) is 36.7 Å². The van der Waals surface area contributed by atoms with Gasteiger partial charge in [0.15, 0.2) is 11.3 Å². The molecule has 0 saturated heterocycles. The zero-order valence-electron chi connectivity index (χ0n) is 24.8. The first-order chi connectivity index (χ1) is 21.5. The first-order valence-electron chi connectivity index (χ1n) is 14.8. The number of pyridine rings is 1. The van der Waals surface area contributed by atoms with Gasteiger partial charge in [0.2, 0.25) is 0 Å². The highest BCUT2D eigenvalue weighted by molar-refractivity contribution is 5.72. The number of hydrogen-bond donors (Lipinski definition) is 1. The van der Waals surface area contributed by atoms with Crippen LogP contribution in [0.1, 0.15) is 50.4 Å². The Morgan fingerprint density at radius 2 is 1.68 bits per heavy atom. The van der Waals surface area contributed by atoms with Gasteiger partial charge >= 0.3 is 5.69 Å². The third kappa shape index (κ3) is 7.10. The first-order valence-corrected chi connectivity index (χ1v) is 14.8. The molecule has 13 heteroatoms. The van der Waals surface area contributed by atoms with E-state index in [4.69, 9.17) is 14.0 Å². The summed E-state index contributed by atoms with van der Waals surface area (Å²) in [4.78, 5) is 55.5. The number of fused-ring (bicyclic) bond motifs is 1. The summed E-state index contributed by atoms with van der Waals surface area (Å²) in [7, 11) is 0. The minimum absolute atomic E-state index is 0.0474. The van der Waals surface area contributed by atoms with Gasteiger partial charge in [0.05, 0.1) is 13.2 Å². The normalized spacial score (nSPS) is 11.2. The summed E-state index contributed by atoms with van der Waals surface area (Å²) in [5, 5.41) is 4.01. The number of unbranched alkanes of at least 4 members (excludes halogenated alkanes) is 2. The molecule has 0 saturated carbocycles. The maximum Gasteiger partial charge on any atom is 0.331 e. The molecule has 5 aromatic rings. The number of hydrogen-bond acceptors (Lipinski definition) is 10. The molecule has 230 valence electrons. The second-order valence-corrected chi connectivity index (χ2v) is 10.3. The van der Waals surface area contributed by atoms with Gasteiger partial charge in [0.1, 0.15) is 17.0 Å². The first kappa shape index (κ1) is 30.4. The number of nitrogens with zero attached hydrogens (tertiary/aromatic N) is 6. The largest absolute Gasteiger partial charge is 0.493 e. The Morgan fingerprint density at radius 1 is 0.886 bits per heavy atom. The predicted molar refractivity (Wildman–Crippen MR) is 163 cm³/mol. The lowest BCUT2D eigenvalue weighted by molar-refractivity contribution is 0.235. The number of benzene rings is 1. The zero-order chi connectivity index (χ0) is 30.9. The van der Waals surface area contributed by atoms with Gasteiger partial charge in [-0.25, -0.2) is 4.79 Å². The third-order valence-electron chi connectivity index (χ3n) is 7.05. The summed E-state index contributed by atoms with van der Waals surface area (Å²) >= 11 is 0. The van der Waals surface area contributed by atoms with E-state index in [0.29, 0.717) is 56.1 Å². The fraction of sp³-hybridized carbons (Fsp3) is 0.387. The highest BCUT2D eigenvalue weighted by atomic mass is 16.5. The average molecular weight is 602 g/mol. The molecule has 0 bridgehead atoms. The van der Waals surface area contributed by atoms with E-state index in [0.717, 1.165) is 22.3 Å². The van der Waals surface area contributed by atoms with Crippen LogP contribution in [0, 0.1) is 6.92 Å². The molecule has 0 unspecified atom stereocenters. The maximum absolute atomic E-state index is 13.5. The third-order valence-corrected chi connectivity index (χ3v) is 7.05. The van der Waals surface area contributed by atoms with Gasteiger partial charge < -0.3 is 14.0 Å². The van der Waals surface area contributed by atoms with E-state index >= 15 is 0 Å². The van der Waals surface area contributed by atoms with Gasteiger partial charge in [-0.3, -0.25) is 28.7 Å². The molecule has 0 aliphatic carbocycles. The summed E-state index contributed by atoms with van der Waals surface area (Å²) in [6.07, 6.45) is 5.22. The second-order valence-electron chi connectivity index (χ2n) is 10.3. The van der Waals surface area contributed by atoms with Crippen LogP contribution >= 0.6 is 0 Å². The summed E-state index contributed by atoms with van der Waals surface area (Å²) in [5.41, 5.74) is -0.301. The van der Waals surface area contributed by atoms with Crippen LogP contribution in [-0.4, -0.2) is 47.4 Å². The highest BCUT2D eigenvalue weighted by Crippen LogP contribution is 2.17. The molecular formula is C31H35N7O6. The molecule has 4 aromatic heterocycles. The molecule has 0 fully saturated rings. The van der Waals surface area contributed by atoms with E-state index in [9.17, 15) is 14.4 Å². The molecule has 44 heavy (non-hydrogen) atoms. The number of H-pyrrole nitrogens is 1. The van der Waals surface area contributed by atoms with Gasteiger partial charge in [0.25, 0.3) is 23.0 Å². The molecule has 5 rings (SSSR count). The van der Waals surface area contributed by atoms with E-state index in [1.54, 1.807) is 18.3 Å². The maximum atomic E-state index is 13.5. The molecule has 1 N–H and O–H groups in total. The quantitative estimate of drug-likeness (QED) is 0.175. The van der Waals surface area contributed by atoms with Crippen molar-refractivity contribution in [3.05, 3.63) is 91.2 Å². The lowest BCUT2D eigenvalue weighted by Crippen LogP contribution is -2.42. The molecule has 0 amide bonds. The molecule has 0 spiro atoms. The molecule has 0 radical (unpaired) electrons. The molecule has 0 atom stereocenters. The van der Waals surface area contributed by atoms with Crippen LogP contribution in [-0.2, 0) is 19.5 Å². The van der Waals surface area contributed by atoms with E-state index in [2.05, 4.69) is 25.1 Å². The Balaban J connectivity index is 1.28. The minimum atomic E-state index is -0.631. The summed E-state index contributed by atoms with van der Waals surface area (Å²) in [5.74, 6) is 1.64. The summed E-state index contributed by atoms with van der Waals surface area (Å²) < 4.78 is 19.2. The van der Waals surface area contributed by atoms with Crippen LogP contribution in [0.25, 0.3) is 22.6 Å². The van der Waals surface area contributed by atoms with Crippen molar-refractivity contribution >= 4 is 11.0 Å². The molecule has 4 heterocycles. The lowest BCUT2D eigenvalue weighted by Gasteiger charge is -2.14. The molecule has 1 aromatic carbocycles. The van der Waals surface area contributed by atoms with Gasteiger partial charge in [0, 0.05) is 32.1 Å². The number of aromatic nitrogens is 7. The van der Waals surface area contributed by atoms with Crippen LogP contribution in [0.5, 0.6) is 11.8 Å². The van der Waals surface area contributed by atoms with Gasteiger partial charge in [-0.2, -0.15) is 9.97 Å². The number of nitrogens with one attached hydrogen (secondary N) is 1. The average Bonchev–Trinajstić information content (AvgIpc) is 3.51. The summed E-state index contributed by atoms with van der Waals surface area (Å²) in [6.45, 7) is 4.99. The SMILES string of the molecule is CCCCn1c(=O)n(CCCCc2noc(-c3ccccn3)n2)c(=O)c2nc(OCCCOc3ccccc3C)[nH]c(=O)c21. The number of aryl methyl sites for hydroxylation is 3. The van der Waals surface area contributed by atoms with Crippen molar-refractivity contribution in [2.24, 2.45) is 0 Å². The van der Waals surface area contributed by atoms with Crippen molar-refractivity contribution in [2.45, 2.75) is 65.5 Å². The number of rotatable bonds is 15. The van der Waals surface area contributed by atoms with Crippen molar-refractivity contribution in [1.82, 2.24) is 34.2 Å². The lowest BCUT2D eigenvalue weighted by atomic mass is 10.2. The molecule has 13 nitrogen and oxygen atoms in total. The van der Waals surface area contributed by atoms with Gasteiger partial charge in [-0.15, -0.1) is 0 Å². The van der Waals surface area contributed by atoms with Crippen molar-refractivity contribution in [1.29, 1.82) is 0 Å². The van der Waals surface area contributed by atoms with Crippen molar-refractivity contribution < 1.29 is 14.0 Å². The highest BCUT2D eigenvalue weighted by Gasteiger charge is 2.19. The predicted octanol–water partition coefficient (Wildman–Crippen LogP) is 3.67. The fourth-order valence-corrected chi connectivity index (χ4v) is 4.72. The topological polar surface area (TPSA) is 160 Å². The van der Waals surface area contributed by atoms with Crippen LogP contribution < -0.4 is 26.3 Å². The Kier molecular flexibility index (Phi) is 9.95. The molecular weight excluding hydrogens is 566 g/mol. The van der Waals surface area contributed by atoms with E-state index in [1.165, 1.54) is 4.57 Å². The second kappa shape index (κ2) is 14.4. The molecule has 0 aliphatic rings. The van der Waals surface area contributed by atoms with E-state index in [1.807, 2.05) is 44.2 Å². The standard InChI is InChI=1S/C31H35N7O6/c1-3-4-17-37-26-25(34-30(35-27(26)39)43-20-11-19-42-23-14-6-5-12-21(23)2)29(40)38(31(37)41)18-10-8-15-24-33-28(44-36-24)22-13-7-9-16-32-22/h5-7,9,12-14,16H,3-4,8,10-11,15,17-20H2,1-2H3,(H,34,35,39). The van der Waals surface area contributed by atoms with Crippen molar-refractivity contribution in [3.63, 3.8) is 0 Å².